The van der Waals surface area contributed by atoms with Crippen LogP contribution in [0.2, 0.25) is 5.02 Å². The first-order valence-electron chi connectivity index (χ1n) is 11.1. The topological polar surface area (TPSA) is 99.2 Å². The highest BCUT2D eigenvalue weighted by Gasteiger charge is 2.28. The summed E-state index contributed by atoms with van der Waals surface area (Å²) in [5.41, 5.74) is 10.8. The number of carbonyl (C=O) groups excluding carboxylic acids is 1. The molecule has 1 aliphatic heterocycles. The third-order valence-corrected chi connectivity index (χ3v) is 6.80. The van der Waals surface area contributed by atoms with Crippen molar-refractivity contribution in [3.63, 3.8) is 0 Å². The molecule has 0 bridgehead atoms. The number of rotatable bonds is 3. The van der Waals surface area contributed by atoms with Crippen molar-refractivity contribution in [2.24, 2.45) is 0 Å². The molecule has 0 spiro atoms. The van der Waals surface area contributed by atoms with E-state index in [0.717, 1.165) is 33.5 Å². The van der Waals surface area contributed by atoms with Gasteiger partial charge in [0, 0.05) is 21.7 Å². The Morgan fingerprint density at radius 1 is 1.21 bits per heavy atom. The van der Waals surface area contributed by atoms with Crippen LogP contribution in [-0.2, 0) is 6.54 Å². The Hall–Kier alpha value is -3.65. The number of fused-ring (bicyclic) bond motifs is 2. The summed E-state index contributed by atoms with van der Waals surface area (Å²) in [5, 5.41) is 6.05. The standard InChI is InChI=1S/C25H25ClN6O2/c1-14-19-12-31(25(33)17-7-5-4-6-8-17)9-10-34-22(19)18(11-20(14)26)16(3)32-24-21(15(2)30-32)23(27)28-13-29-24/h4-8,11,13,16H,9-10,12H2,1-3H3,(H2,27,28,29). The predicted octanol–water partition coefficient (Wildman–Crippen LogP) is 4.32. The SMILES string of the molecule is Cc1c(Cl)cc(C(C)n2nc(C)c3c(N)ncnc32)c2c1CN(C(=O)c1ccccc1)CCO2. The van der Waals surface area contributed by atoms with Crippen molar-refractivity contribution >= 4 is 34.4 Å². The number of nitrogens with zero attached hydrogens (tertiary/aromatic N) is 5. The van der Waals surface area contributed by atoms with Gasteiger partial charge in [-0.1, -0.05) is 29.8 Å². The van der Waals surface area contributed by atoms with Crippen molar-refractivity contribution in [3.8, 4) is 5.75 Å². The average Bonchev–Trinajstić information content (AvgIpc) is 3.03. The molecular weight excluding hydrogens is 452 g/mol. The quantitative estimate of drug-likeness (QED) is 0.472. The van der Waals surface area contributed by atoms with Gasteiger partial charge < -0.3 is 15.4 Å². The minimum atomic E-state index is -0.242. The van der Waals surface area contributed by atoms with E-state index in [2.05, 4.69) is 9.97 Å². The lowest BCUT2D eigenvalue weighted by Gasteiger charge is -2.23. The molecule has 9 heteroatoms. The third kappa shape index (κ3) is 3.64. The number of benzene rings is 2. The Balaban J connectivity index is 1.59. The van der Waals surface area contributed by atoms with Crippen LogP contribution in [-0.4, -0.2) is 43.7 Å². The molecule has 174 valence electrons. The average molecular weight is 477 g/mol. The van der Waals surface area contributed by atoms with Gasteiger partial charge in [0.05, 0.1) is 30.2 Å². The number of ether oxygens (including phenoxy) is 1. The van der Waals surface area contributed by atoms with E-state index in [1.807, 2.05) is 61.9 Å². The number of aryl methyl sites for hydroxylation is 1. The van der Waals surface area contributed by atoms with Gasteiger partial charge in [-0.15, -0.1) is 0 Å². The highest BCUT2D eigenvalue weighted by atomic mass is 35.5. The molecule has 4 aromatic rings. The molecule has 3 heterocycles. The normalized spacial score (nSPS) is 14.4. The molecule has 0 radical (unpaired) electrons. The number of anilines is 1. The van der Waals surface area contributed by atoms with E-state index < -0.39 is 0 Å². The van der Waals surface area contributed by atoms with Crippen molar-refractivity contribution < 1.29 is 9.53 Å². The Kier molecular flexibility index (Phi) is 5.61. The summed E-state index contributed by atoms with van der Waals surface area (Å²) in [7, 11) is 0. The Labute approximate surface area is 202 Å². The van der Waals surface area contributed by atoms with Crippen LogP contribution in [0.4, 0.5) is 5.82 Å². The molecule has 1 amide bonds. The van der Waals surface area contributed by atoms with Crippen molar-refractivity contribution in [3.05, 3.63) is 75.7 Å². The molecule has 0 fully saturated rings. The maximum atomic E-state index is 13.2. The molecule has 0 saturated carbocycles. The Bertz CT molecular complexity index is 1400. The Morgan fingerprint density at radius 2 is 1.97 bits per heavy atom. The molecule has 34 heavy (non-hydrogen) atoms. The van der Waals surface area contributed by atoms with Gasteiger partial charge in [0.15, 0.2) is 5.65 Å². The fraction of sp³-hybridized carbons (Fsp3) is 0.280. The van der Waals surface area contributed by atoms with Crippen molar-refractivity contribution in [2.75, 3.05) is 18.9 Å². The van der Waals surface area contributed by atoms with Crippen LogP contribution < -0.4 is 10.5 Å². The highest BCUT2D eigenvalue weighted by molar-refractivity contribution is 6.31. The number of hydrogen-bond acceptors (Lipinski definition) is 6. The second kappa shape index (κ2) is 8.61. The second-order valence-electron chi connectivity index (χ2n) is 8.48. The highest BCUT2D eigenvalue weighted by Crippen LogP contribution is 2.40. The predicted molar refractivity (Wildman–Crippen MR) is 131 cm³/mol. The third-order valence-electron chi connectivity index (χ3n) is 6.40. The molecule has 2 N–H and O–H groups in total. The molecule has 2 aromatic carbocycles. The fourth-order valence-corrected chi connectivity index (χ4v) is 4.74. The van der Waals surface area contributed by atoms with Gasteiger partial charge in [-0.05, 0) is 44.5 Å². The number of nitrogens with two attached hydrogens (primary N) is 1. The number of carbonyl (C=O) groups is 1. The molecule has 5 rings (SSSR count). The van der Waals surface area contributed by atoms with Crippen molar-refractivity contribution in [1.29, 1.82) is 0 Å². The maximum absolute atomic E-state index is 13.2. The van der Waals surface area contributed by atoms with Crippen molar-refractivity contribution in [1.82, 2.24) is 24.6 Å². The molecule has 0 aliphatic carbocycles. The lowest BCUT2D eigenvalue weighted by Crippen LogP contribution is -2.32. The lowest BCUT2D eigenvalue weighted by atomic mass is 9.98. The van der Waals surface area contributed by atoms with Gasteiger partial charge in [0.2, 0.25) is 0 Å². The summed E-state index contributed by atoms with van der Waals surface area (Å²) < 4.78 is 8.09. The monoisotopic (exact) mass is 476 g/mol. The number of hydrogen-bond donors (Lipinski definition) is 1. The van der Waals surface area contributed by atoms with E-state index in [1.165, 1.54) is 6.33 Å². The van der Waals surface area contributed by atoms with Crippen LogP contribution in [0.25, 0.3) is 11.0 Å². The van der Waals surface area contributed by atoms with Crippen LogP contribution in [0.15, 0.2) is 42.7 Å². The second-order valence-corrected chi connectivity index (χ2v) is 8.89. The van der Waals surface area contributed by atoms with E-state index in [1.54, 1.807) is 4.90 Å². The minimum Gasteiger partial charge on any atom is -0.491 e. The fourth-order valence-electron chi connectivity index (χ4n) is 4.51. The first-order valence-corrected chi connectivity index (χ1v) is 11.5. The smallest absolute Gasteiger partial charge is 0.254 e. The molecule has 2 aromatic heterocycles. The van der Waals surface area contributed by atoms with E-state index in [0.29, 0.717) is 41.7 Å². The summed E-state index contributed by atoms with van der Waals surface area (Å²) in [6, 6.07) is 11.0. The zero-order chi connectivity index (χ0) is 24.0. The van der Waals surface area contributed by atoms with Crippen LogP contribution in [0, 0.1) is 13.8 Å². The zero-order valence-corrected chi connectivity index (χ0v) is 20.0. The van der Waals surface area contributed by atoms with Crippen molar-refractivity contribution in [2.45, 2.75) is 33.4 Å². The van der Waals surface area contributed by atoms with Crippen LogP contribution in [0.1, 0.15) is 45.7 Å². The van der Waals surface area contributed by atoms with Crippen LogP contribution in [0.3, 0.4) is 0 Å². The van der Waals surface area contributed by atoms with Gasteiger partial charge in [0.1, 0.15) is 24.5 Å². The van der Waals surface area contributed by atoms with Gasteiger partial charge in [-0.3, -0.25) is 4.79 Å². The zero-order valence-electron chi connectivity index (χ0n) is 19.2. The largest absolute Gasteiger partial charge is 0.491 e. The summed E-state index contributed by atoms with van der Waals surface area (Å²) in [6.07, 6.45) is 1.44. The molecule has 1 aliphatic rings. The van der Waals surface area contributed by atoms with Gasteiger partial charge in [-0.25, -0.2) is 14.6 Å². The number of halogens is 1. The molecule has 8 nitrogen and oxygen atoms in total. The lowest BCUT2D eigenvalue weighted by molar-refractivity contribution is 0.0733. The summed E-state index contributed by atoms with van der Waals surface area (Å²) >= 11 is 6.69. The summed E-state index contributed by atoms with van der Waals surface area (Å²) in [4.78, 5) is 23.5. The van der Waals surface area contributed by atoms with Crippen LogP contribution >= 0.6 is 11.6 Å². The van der Waals surface area contributed by atoms with Gasteiger partial charge in [-0.2, -0.15) is 5.10 Å². The van der Waals surface area contributed by atoms with Gasteiger partial charge in [0.25, 0.3) is 5.91 Å². The Morgan fingerprint density at radius 3 is 2.74 bits per heavy atom. The summed E-state index contributed by atoms with van der Waals surface area (Å²) in [5.74, 6) is 1.10. The van der Waals surface area contributed by atoms with E-state index in [-0.39, 0.29) is 11.9 Å². The maximum Gasteiger partial charge on any atom is 0.254 e. The minimum absolute atomic E-state index is 0.0353. The van der Waals surface area contributed by atoms with E-state index in [4.69, 9.17) is 27.2 Å². The molecule has 0 saturated heterocycles. The number of aromatic nitrogens is 4. The first-order chi connectivity index (χ1) is 16.4. The number of nitrogen functional groups attached to an aromatic ring is 1. The van der Waals surface area contributed by atoms with E-state index in [9.17, 15) is 4.79 Å². The van der Waals surface area contributed by atoms with Crippen LogP contribution in [0.5, 0.6) is 5.75 Å². The first kappa shape index (κ1) is 22.2. The molecule has 1 atom stereocenters. The summed E-state index contributed by atoms with van der Waals surface area (Å²) in [6.45, 7) is 7.12. The van der Waals surface area contributed by atoms with Gasteiger partial charge >= 0.3 is 0 Å². The molecule has 1 unspecified atom stereocenters. The number of amides is 1. The van der Waals surface area contributed by atoms with E-state index >= 15 is 0 Å². The molecular formula is C25H25ClN6O2.